The Labute approximate surface area is 251 Å². The van der Waals surface area contributed by atoms with Crippen LogP contribution in [0.2, 0.25) is 0 Å². The van der Waals surface area contributed by atoms with E-state index >= 15 is 0 Å². The van der Waals surface area contributed by atoms with Crippen molar-refractivity contribution in [1.82, 2.24) is 4.90 Å². The molecule has 222 valence electrons. The maximum absolute atomic E-state index is 13.5. The Hall–Kier alpha value is -4.50. The van der Waals surface area contributed by atoms with Crippen molar-refractivity contribution in [2.75, 3.05) is 6.54 Å². The molecule has 0 saturated carbocycles. The molecular weight excluding hydrogens is 546 g/mol. The second-order valence-electron chi connectivity index (χ2n) is 10.3. The summed E-state index contributed by atoms with van der Waals surface area (Å²) in [6, 6.07) is 36.6. The molecule has 0 radical (unpaired) electrons. The molecule has 43 heavy (non-hydrogen) atoms. The second kappa shape index (κ2) is 15.1. The monoisotopic (exact) mass is 581 g/mol. The van der Waals surface area contributed by atoms with Crippen LogP contribution in [0.1, 0.15) is 22.3 Å². The summed E-state index contributed by atoms with van der Waals surface area (Å²) in [5, 5.41) is 10.5. The van der Waals surface area contributed by atoms with Crippen LogP contribution in [-0.4, -0.2) is 53.0 Å². The average molecular weight is 582 g/mol. The van der Waals surface area contributed by atoms with Crippen molar-refractivity contribution in [3.8, 4) is 0 Å². The lowest BCUT2D eigenvalue weighted by molar-refractivity contribution is -0.205. The Morgan fingerprint density at radius 2 is 0.977 bits per heavy atom. The van der Waals surface area contributed by atoms with Gasteiger partial charge < -0.3 is 24.1 Å². The van der Waals surface area contributed by atoms with Gasteiger partial charge in [-0.2, -0.15) is 0 Å². The van der Waals surface area contributed by atoms with Gasteiger partial charge in [0.15, 0.2) is 6.04 Å². The summed E-state index contributed by atoms with van der Waals surface area (Å²) in [6.45, 7) is 0.530. The summed E-state index contributed by atoms with van der Waals surface area (Å²) < 4.78 is 24.7. The summed E-state index contributed by atoms with van der Waals surface area (Å²) >= 11 is 0. The highest BCUT2D eigenvalue weighted by Gasteiger charge is 2.51. The number of carbonyl (C=O) groups excluding carboxylic acids is 1. The molecule has 4 aromatic carbocycles. The maximum atomic E-state index is 13.5. The molecule has 1 fully saturated rings. The molecule has 1 aliphatic rings. The summed E-state index contributed by atoms with van der Waals surface area (Å²) in [5.41, 5.74) is 3.50. The lowest BCUT2D eigenvalue weighted by Crippen LogP contribution is -2.67. The SMILES string of the molecule is O=C(O)[C@@H]1[C@@H](OCc2ccccc2)[C@H](OCc2ccccc2)[C@@H](OCc2ccccc2)CN1C(=O)OCc1ccccc1. The molecular formula is C35H35NO7. The van der Waals surface area contributed by atoms with Gasteiger partial charge in [0.1, 0.15) is 24.9 Å². The molecule has 4 atom stereocenters. The van der Waals surface area contributed by atoms with Gasteiger partial charge in [-0.15, -0.1) is 0 Å². The zero-order valence-electron chi connectivity index (χ0n) is 23.7. The maximum Gasteiger partial charge on any atom is 0.411 e. The van der Waals surface area contributed by atoms with Crippen molar-refractivity contribution in [1.29, 1.82) is 0 Å². The summed E-state index contributed by atoms with van der Waals surface area (Å²) in [5.74, 6) is -1.22. The van der Waals surface area contributed by atoms with Crippen LogP contribution in [0.4, 0.5) is 4.79 Å². The predicted molar refractivity (Wildman–Crippen MR) is 160 cm³/mol. The van der Waals surface area contributed by atoms with Crippen molar-refractivity contribution >= 4 is 12.1 Å². The fourth-order valence-electron chi connectivity index (χ4n) is 5.09. The van der Waals surface area contributed by atoms with Crippen molar-refractivity contribution in [3.05, 3.63) is 144 Å². The van der Waals surface area contributed by atoms with Gasteiger partial charge in [-0.25, -0.2) is 9.59 Å². The summed E-state index contributed by atoms with van der Waals surface area (Å²) in [4.78, 5) is 27.5. The van der Waals surface area contributed by atoms with Gasteiger partial charge in [0.05, 0.1) is 26.4 Å². The standard InChI is InChI=1S/C35H35NO7/c37-34(38)31-33(42-24-28-17-9-3-10-18-28)32(41-23-27-15-7-2-8-16-27)30(40-22-26-13-5-1-6-14-26)21-36(31)35(39)43-25-29-19-11-4-12-20-29/h1-20,30-33H,21-25H2,(H,37,38)/t30-,31-,32+,33+/m0/s1. The van der Waals surface area contributed by atoms with Crippen LogP contribution in [0, 0.1) is 0 Å². The zero-order valence-corrected chi connectivity index (χ0v) is 23.7. The topological polar surface area (TPSA) is 94.5 Å². The number of likely N-dealkylation sites (tertiary alicyclic amines) is 1. The zero-order chi connectivity index (χ0) is 29.9. The van der Waals surface area contributed by atoms with E-state index in [0.29, 0.717) is 0 Å². The number of benzene rings is 4. The number of nitrogens with zero attached hydrogens (tertiary/aromatic N) is 1. The number of aliphatic carboxylic acids is 1. The van der Waals surface area contributed by atoms with E-state index in [0.717, 1.165) is 22.3 Å². The largest absolute Gasteiger partial charge is 0.480 e. The van der Waals surface area contributed by atoms with Crippen LogP contribution in [-0.2, 0) is 50.2 Å². The first-order valence-electron chi connectivity index (χ1n) is 14.2. The van der Waals surface area contributed by atoms with Gasteiger partial charge in [-0.3, -0.25) is 4.90 Å². The van der Waals surface area contributed by atoms with Crippen LogP contribution in [0.5, 0.6) is 0 Å². The Balaban J connectivity index is 1.44. The van der Waals surface area contributed by atoms with Crippen molar-refractivity contribution < 1.29 is 33.6 Å². The van der Waals surface area contributed by atoms with E-state index in [1.54, 1.807) is 0 Å². The Bertz CT molecular complexity index is 1420. The van der Waals surface area contributed by atoms with E-state index < -0.39 is 36.4 Å². The van der Waals surface area contributed by atoms with Gasteiger partial charge in [0.25, 0.3) is 0 Å². The van der Waals surface area contributed by atoms with Crippen LogP contribution in [0.25, 0.3) is 0 Å². The fraction of sp³-hybridized carbons (Fsp3) is 0.257. The normalized spacial score (nSPS) is 20.0. The first-order valence-corrected chi connectivity index (χ1v) is 14.2. The molecule has 8 heteroatoms. The minimum Gasteiger partial charge on any atom is -0.480 e. The lowest BCUT2D eigenvalue weighted by atomic mass is 9.93. The highest BCUT2D eigenvalue weighted by atomic mass is 16.6. The molecule has 0 spiro atoms. The second-order valence-corrected chi connectivity index (χ2v) is 10.3. The van der Waals surface area contributed by atoms with Crippen molar-refractivity contribution in [2.24, 2.45) is 0 Å². The van der Waals surface area contributed by atoms with Gasteiger partial charge >= 0.3 is 12.1 Å². The molecule has 0 aromatic heterocycles. The number of ether oxygens (including phenoxy) is 4. The van der Waals surface area contributed by atoms with Crippen molar-refractivity contribution in [3.63, 3.8) is 0 Å². The molecule has 8 nitrogen and oxygen atoms in total. The van der Waals surface area contributed by atoms with E-state index in [-0.39, 0.29) is 33.0 Å². The van der Waals surface area contributed by atoms with Gasteiger partial charge in [-0.1, -0.05) is 121 Å². The van der Waals surface area contributed by atoms with E-state index in [4.69, 9.17) is 18.9 Å². The molecule has 1 heterocycles. The Morgan fingerprint density at radius 1 is 0.581 bits per heavy atom. The Kier molecular flexibility index (Phi) is 10.5. The number of hydrogen-bond donors (Lipinski definition) is 1. The van der Waals surface area contributed by atoms with Gasteiger partial charge in [0.2, 0.25) is 0 Å². The smallest absolute Gasteiger partial charge is 0.411 e. The van der Waals surface area contributed by atoms with Crippen LogP contribution < -0.4 is 0 Å². The molecule has 1 aliphatic heterocycles. The van der Waals surface area contributed by atoms with Gasteiger partial charge in [0, 0.05) is 0 Å². The van der Waals surface area contributed by atoms with Crippen LogP contribution >= 0.6 is 0 Å². The first kappa shape index (κ1) is 30.0. The molecule has 5 rings (SSSR count). The molecule has 0 unspecified atom stereocenters. The van der Waals surface area contributed by atoms with Crippen LogP contribution in [0.3, 0.4) is 0 Å². The lowest BCUT2D eigenvalue weighted by Gasteiger charge is -2.46. The van der Waals surface area contributed by atoms with E-state index in [1.165, 1.54) is 4.90 Å². The third kappa shape index (κ3) is 8.29. The number of carboxylic acids is 1. The fourth-order valence-corrected chi connectivity index (χ4v) is 5.09. The van der Waals surface area contributed by atoms with Crippen LogP contribution in [0.15, 0.2) is 121 Å². The molecule has 1 N–H and O–H groups in total. The number of amides is 1. The highest BCUT2D eigenvalue weighted by molar-refractivity contribution is 5.81. The number of carboxylic acid groups (broad SMARTS) is 1. The van der Waals surface area contributed by atoms with Gasteiger partial charge in [-0.05, 0) is 22.3 Å². The van der Waals surface area contributed by atoms with E-state index in [1.807, 2.05) is 121 Å². The number of carbonyl (C=O) groups is 2. The minimum absolute atomic E-state index is 0.00151. The molecule has 0 bridgehead atoms. The quantitative estimate of drug-likeness (QED) is 0.224. The third-order valence-corrected chi connectivity index (χ3v) is 7.28. The summed E-state index contributed by atoms with van der Waals surface area (Å²) in [6.07, 6.45) is -3.32. The first-order chi connectivity index (χ1) is 21.1. The minimum atomic E-state index is -1.37. The molecule has 1 saturated heterocycles. The Morgan fingerprint density at radius 3 is 1.42 bits per heavy atom. The molecule has 1 amide bonds. The highest BCUT2D eigenvalue weighted by Crippen LogP contribution is 2.30. The number of rotatable bonds is 12. The predicted octanol–water partition coefficient (Wildman–Crippen LogP) is 5.85. The van der Waals surface area contributed by atoms with Crippen molar-refractivity contribution in [2.45, 2.75) is 50.8 Å². The molecule has 4 aromatic rings. The van der Waals surface area contributed by atoms with E-state index in [2.05, 4.69) is 0 Å². The number of piperidine rings is 1. The number of hydrogen-bond acceptors (Lipinski definition) is 6. The molecule has 0 aliphatic carbocycles. The van der Waals surface area contributed by atoms with E-state index in [9.17, 15) is 14.7 Å². The summed E-state index contributed by atoms with van der Waals surface area (Å²) in [7, 11) is 0. The third-order valence-electron chi connectivity index (χ3n) is 7.28. The average Bonchev–Trinajstić information content (AvgIpc) is 3.06.